The molecule has 0 saturated carbocycles. The number of ether oxygens (including phenoxy) is 1. The van der Waals surface area contributed by atoms with Crippen LogP contribution in [-0.2, 0) is 19.8 Å². The van der Waals surface area contributed by atoms with E-state index in [1.165, 1.54) is 39.4 Å². The van der Waals surface area contributed by atoms with Gasteiger partial charge < -0.3 is 9.64 Å². The van der Waals surface area contributed by atoms with E-state index in [0.29, 0.717) is 0 Å². The van der Waals surface area contributed by atoms with Gasteiger partial charge in [-0.1, -0.05) is 0 Å². The number of hydrogen-bond acceptors (Lipinski definition) is 5. The molecule has 0 unspecified atom stereocenters. The van der Waals surface area contributed by atoms with E-state index in [-0.39, 0.29) is 23.5 Å². The highest BCUT2D eigenvalue weighted by Gasteiger charge is 2.39. The minimum Gasteiger partial charge on any atom is -0.496 e. The molecule has 0 atom stereocenters. The van der Waals surface area contributed by atoms with Crippen molar-refractivity contribution < 1.29 is 27.6 Å². The first-order valence-electron chi connectivity index (χ1n) is 7.22. The van der Waals surface area contributed by atoms with Crippen LogP contribution < -0.4 is 4.74 Å². The summed E-state index contributed by atoms with van der Waals surface area (Å²) < 4.78 is 45.1. The van der Waals surface area contributed by atoms with Gasteiger partial charge in [0.25, 0.3) is 11.6 Å². The third-order valence-corrected chi connectivity index (χ3v) is 3.56. The van der Waals surface area contributed by atoms with Crippen molar-refractivity contribution in [1.29, 1.82) is 0 Å². The second-order valence-electron chi connectivity index (χ2n) is 5.48. The number of benzene rings is 1. The molecule has 0 bridgehead atoms. The van der Waals surface area contributed by atoms with Crippen LogP contribution in [0.1, 0.15) is 21.6 Å². The Hall–Kier alpha value is -3.11. The number of aromatic nitrogens is 2. The standard InChI is InChI=1S/C15H15F3N4O4/c1-20(7-9-6-10(22(24)25)4-5-12(9)26-3)14(23)11-8-21(2)19-13(11)15(16,17)18/h4-6,8H,7H2,1-3H3. The highest BCUT2D eigenvalue weighted by molar-refractivity contribution is 5.95. The number of aryl methyl sites for hydroxylation is 1. The fourth-order valence-electron chi connectivity index (χ4n) is 2.39. The van der Waals surface area contributed by atoms with E-state index in [4.69, 9.17) is 4.74 Å². The van der Waals surface area contributed by atoms with Gasteiger partial charge in [-0.15, -0.1) is 0 Å². The second kappa shape index (κ2) is 7.02. The topological polar surface area (TPSA) is 90.5 Å². The van der Waals surface area contributed by atoms with Gasteiger partial charge in [0.15, 0.2) is 5.69 Å². The Labute approximate surface area is 145 Å². The molecule has 0 saturated heterocycles. The number of nitro benzene ring substituents is 1. The third-order valence-electron chi connectivity index (χ3n) is 3.56. The number of nitro groups is 1. The van der Waals surface area contributed by atoms with Gasteiger partial charge in [0, 0.05) is 44.5 Å². The zero-order chi connectivity index (χ0) is 19.6. The minimum absolute atomic E-state index is 0.185. The van der Waals surface area contributed by atoms with Crippen molar-refractivity contribution in [2.75, 3.05) is 14.2 Å². The van der Waals surface area contributed by atoms with Crippen molar-refractivity contribution in [3.8, 4) is 5.75 Å². The van der Waals surface area contributed by atoms with Gasteiger partial charge in [-0.2, -0.15) is 18.3 Å². The quantitative estimate of drug-likeness (QED) is 0.594. The van der Waals surface area contributed by atoms with Gasteiger partial charge in [-0.3, -0.25) is 19.6 Å². The van der Waals surface area contributed by atoms with E-state index in [9.17, 15) is 28.1 Å². The molecule has 11 heteroatoms. The van der Waals surface area contributed by atoms with Crippen molar-refractivity contribution in [3.63, 3.8) is 0 Å². The van der Waals surface area contributed by atoms with Crippen LogP contribution in [0, 0.1) is 10.1 Å². The van der Waals surface area contributed by atoms with Gasteiger partial charge in [0.05, 0.1) is 17.6 Å². The monoisotopic (exact) mass is 372 g/mol. The fourth-order valence-corrected chi connectivity index (χ4v) is 2.39. The third kappa shape index (κ3) is 3.92. The van der Waals surface area contributed by atoms with Crippen LogP contribution >= 0.6 is 0 Å². The summed E-state index contributed by atoms with van der Waals surface area (Å²) >= 11 is 0. The van der Waals surface area contributed by atoms with Crippen LogP contribution in [-0.4, -0.2) is 39.7 Å². The molecule has 8 nitrogen and oxygen atoms in total. The van der Waals surface area contributed by atoms with Crippen LogP contribution in [0.5, 0.6) is 5.75 Å². The van der Waals surface area contributed by atoms with E-state index in [1.54, 1.807) is 0 Å². The zero-order valence-electron chi connectivity index (χ0n) is 14.1. The first-order chi connectivity index (χ1) is 12.0. The summed E-state index contributed by atoms with van der Waals surface area (Å²) in [6, 6.07) is 3.79. The van der Waals surface area contributed by atoms with Crippen molar-refractivity contribution >= 4 is 11.6 Å². The SMILES string of the molecule is COc1ccc([N+](=O)[O-])cc1CN(C)C(=O)c1cn(C)nc1C(F)(F)F. The molecule has 0 spiro atoms. The smallest absolute Gasteiger partial charge is 0.435 e. The lowest BCUT2D eigenvalue weighted by atomic mass is 10.1. The van der Waals surface area contributed by atoms with E-state index in [2.05, 4.69) is 5.10 Å². The molecule has 1 aromatic carbocycles. The minimum atomic E-state index is -4.78. The lowest BCUT2D eigenvalue weighted by Crippen LogP contribution is -2.28. The molecule has 2 rings (SSSR count). The Bertz CT molecular complexity index is 848. The average molecular weight is 372 g/mol. The summed E-state index contributed by atoms with van der Waals surface area (Å²) in [7, 11) is 3.90. The van der Waals surface area contributed by atoms with Crippen LogP contribution in [0.4, 0.5) is 18.9 Å². The van der Waals surface area contributed by atoms with Crippen LogP contribution in [0.25, 0.3) is 0 Å². The number of halogens is 3. The molecule has 1 aromatic heterocycles. The lowest BCUT2D eigenvalue weighted by Gasteiger charge is -2.19. The molecule has 0 radical (unpaired) electrons. The fraction of sp³-hybridized carbons (Fsp3) is 0.333. The van der Waals surface area contributed by atoms with Gasteiger partial charge in [0.2, 0.25) is 0 Å². The van der Waals surface area contributed by atoms with E-state index < -0.39 is 28.3 Å². The van der Waals surface area contributed by atoms with Crippen molar-refractivity contribution in [3.05, 3.63) is 51.3 Å². The normalized spacial score (nSPS) is 11.3. The molecule has 1 heterocycles. The predicted octanol–water partition coefficient (Wildman–Crippen LogP) is 2.63. The molecule has 140 valence electrons. The summed E-state index contributed by atoms with van der Waals surface area (Å²) in [5.74, 6) is -0.642. The molecule has 0 aliphatic carbocycles. The zero-order valence-corrected chi connectivity index (χ0v) is 14.1. The number of carbonyl (C=O) groups is 1. The van der Waals surface area contributed by atoms with Gasteiger partial charge in [-0.25, -0.2) is 0 Å². The number of non-ortho nitro benzene ring substituents is 1. The Morgan fingerprint density at radius 1 is 1.42 bits per heavy atom. The Morgan fingerprint density at radius 3 is 2.62 bits per heavy atom. The number of rotatable bonds is 5. The number of nitrogens with zero attached hydrogens (tertiary/aromatic N) is 4. The van der Waals surface area contributed by atoms with Crippen molar-refractivity contribution in [2.45, 2.75) is 12.7 Å². The van der Waals surface area contributed by atoms with Crippen LogP contribution in [0.15, 0.2) is 24.4 Å². The molecule has 0 aliphatic rings. The molecular weight excluding hydrogens is 357 g/mol. The summed E-state index contributed by atoms with van der Waals surface area (Å²) in [6.45, 7) is -0.185. The second-order valence-corrected chi connectivity index (χ2v) is 5.48. The maximum Gasteiger partial charge on any atom is 0.435 e. The summed E-state index contributed by atoms with van der Waals surface area (Å²) in [5.41, 5.74) is -1.83. The number of methoxy groups -OCH3 is 1. The van der Waals surface area contributed by atoms with E-state index in [0.717, 1.165) is 15.8 Å². The summed E-state index contributed by atoms with van der Waals surface area (Å²) in [6.07, 6.45) is -3.80. The maximum atomic E-state index is 13.0. The first kappa shape index (κ1) is 19.2. The van der Waals surface area contributed by atoms with Crippen molar-refractivity contribution in [2.24, 2.45) is 7.05 Å². The molecule has 0 fully saturated rings. The first-order valence-corrected chi connectivity index (χ1v) is 7.22. The highest BCUT2D eigenvalue weighted by Crippen LogP contribution is 2.31. The van der Waals surface area contributed by atoms with E-state index in [1.807, 2.05) is 0 Å². The van der Waals surface area contributed by atoms with Gasteiger partial charge >= 0.3 is 6.18 Å². The van der Waals surface area contributed by atoms with Gasteiger partial charge in [0.1, 0.15) is 5.75 Å². The van der Waals surface area contributed by atoms with Crippen molar-refractivity contribution in [1.82, 2.24) is 14.7 Å². The Kier molecular flexibility index (Phi) is 5.19. The molecule has 2 aromatic rings. The Balaban J connectivity index is 2.34. The number of alkyl halides is 3. The summed E-state index contributed by atoms with van der Waals surface area (Å²) in [5, 5.41) is 14.2. The number of amides is 1. The number of hydrogen-bond donors (Lipinski definition) is 0. The largest absolute Gasteiger partial charge is 0.496 e. The average Bonchev–Trinajstić information content (AvgIpc) is 2.96. The molecule has 26 heavy (non-hydrogen) atoms. The molecule has 0 aliphatic heterocycles. The van der Waals surface area contributed by atoms with E-state index >= 15 is 0 Å². The summed E-state index contributed by atoms with van der Waals surface area (Å²) in [4.78, 5) is 23.7. The highest BCUT2D eigenvalue weighted by atomic mass is 19.4. The predicted molar refractivity (Wildman–Crippen MR) is 83.7 cm³/mol. The molecule has 0 N–H and O–H groups in total. The lowest BCUT2D eigenvalue weighted by molar-refractivity contribution is -0.384. The Morgan fingerprint density at radius 2 is 2.08 bits per heavy atom. The molecule has 1 amide bonds. The number of carbonyl (C=O) groups excluding carboxylic acids is 1. The van der Waals surface area contributed by atoms with Gasteiger partial charge in [-0.05, 0) is 6.07 Å². The van der Waals surface area contributed by atoms with Crippen LogP contribution in [0.3, 0.4) is 0 Å². The molecular formula is C15H15F3N4O4. The van der Waals surface area contributed by atoms with Crippen LogP contribution in [0.2, 0.25) is 0 Å². The maximum absolute atomic E-state index is 13.0.